The average Bonchev–Trinajstić information content (AvgIpc) is 1.88. The zero-order chi connectivity index (χ0) is 8.85. The highest BCUT2D eigenvalue weighted by atomic mass is 16.5. The van der Waals surface area contributed by atoms with Crippen LogP contribution >= 0.6 is 0 Å². The van der Waals surface area contributed by atoms with Crippen LogP contribution in [-0.2, 0) is 4.74 Å². The van der Waals surface area contributed by atoms with Crippen molar-refractivity contribution in [3.05, 3.63) is 23.6 Å². The van der Waals surface area contributed by atoms with Crippen molar-refractivity contribution < 1.29 is 4.74 Å². The summed E-state index contributed by atoms with van der Waals surface area (Å²) in [6.07, 6.45) is 1.15. The molecule has 3 heteroatoms. The van der Waals surface area contributed by atoms with Crippen molar-refractivity contribution in [1.29, 1.82) is 5.41 Å². The van der Waals surface area contributed by atoms with Crippen LogP contribution in [0.15, 0.2) is 23.6 Å². The van der Waals surface area contributed by atoms with E-state index in [0.717, 1.165) is 6.21 Å². The zero-order valence-electron chi connectivity index (χ0n) is 6.98. The topological polar surface area (TPSA) is 59.1 Å². The van der Waals surface area contributed by atoms with Gasteiger partial charge in [-0.15, -0.1) is 0 Å². The first-order valence-electron chi connectivity index (χ1n) is 3.42. The number of allylic oxidation sites excluding steroid dienone is 2. The van der Waals surface area contributed by atoms with Crippen molar-refractivity contribution in [3.63, 3.8) is 0 Å². The average molecular weight is 154 g/mol. The number of hydrogen-bond donors (Lipinski definition) is 2. The molecular formula is C8H14N2O. The summed E-state index contributed by atoms with van der Waals surface area (Å²) in [6.45, 7) is 7.74. The number of hydrogen-bond acceptors (Lipinski definition) is 3. The van der Waals surface area contributed by atoms with Crippen molar-refractivity contribution in [2.45, 2.75) is 13.8 Å². The van der Waals surface area contributed by atoms with E-state index in [1.54, 1.807) is 6.92 Å². The normalized spacial score (nSPS) is 11.8. The Labute approximate surface area is 67.1 Å². The van der Waals surface area contributed by atoms with Crippen LogP contribution in [0.1, 0.15) is 13.8 Å². The summed E-state index contributed by atoms with van der Waals surface area (Å²) in [4.78, 5) is 0. The summed E-state index contributed by atoms with van der Waals surface area (Å²) in [6, 6.07) is 0. The second kappa shape index (κ2) is 4.55. The summed E-state index contributed by atoms with van der Waals surface area (Å²) >= 11 is 0. The van der Waals surface area contributed by atoms with Crippen LogP contribution in [0.5, 0.6) is 0 Å². The predicted octanol–water partition coefficient (Wildman–Crippen LogP) is 1.42. The van der Waals surface area contributed by atoms with Gasteiger partial charge < -0.3 is 15.9 Å². The predicted molar refractivity (Wildman–Crippen MR) is 46.4 cm³/mol. The summed E-state index contributed by atoms with van der Waals surface area (Å²) < 4.78 is 5.07. The van der Waals surface area contributed by atoms with E-state index in [-0.39, 0.29) is 0 Å². The van der Waals surface area contributed by atoms with Crippen LogP contribution in [0.3, 0.4) is 0 Å². The monoisotopic (exact) mass is 154 g/mol. The van der Waals surface area contributed by atoms with Gasteiger partial charge in [-0.25, -0.2) is 0 Å². The van der Waals surface area contributed by atoms with E-state index in [9.17, 15) is 0 Å². The first-order valence-corrected chi connectivity index (χ1v) is 3.42. The summed E-state index contributed by atoms with van der Waals surface area (Å²) in [5, 5.41) is 7.00. The molecule has 0 aromatic rings. The van der Waals surface area contributed by atoms with Gasteiger partial charge in [0.15, 0.2) is 0 Å². The third kappa shape index (κ3) is 2.89. The highest BCUT2D eigenvalue weighted by molar-refractivity contribution is 5.81. The molecule has 62 valence electrons. The maximum atomic E-state index is 7.00. The van der Waals surface area contributed by atoms with Crippen molar-refractivity contribution in [3.8, 4) is 0 Å². The standard InChI is InChI=1S/C8H14N2O/c1-4-11-7(3)8(5-9)6(2)10/h5,9H,3-4,10H2,1-2H3. The Morgan fingerprint density at radius 2 is 2.27 bits per heavy atom. The first kappa shape index (κ1) is 9.75. The molecule has 3 nitrogen and oxygen atoms in total. The molecule has 11 heavy (non-hydrogen) atoms. The molecule has 3 N–H and O–H groups in total. The fraction of sp³-hybridized carbons (Fsp3) is 0.375. The molecule has 0 unspecified atom stereocenters. The molecule has 0 heterocycles. The van der Waals surface area contributed by atoms with Gasteiger partial charge in [-0.1, -0.05) is 6.58 Å². The lowest BCUT2D eigenvalue weighted by Crippen LogP contribution is -2.03. The molecule has 0 saturated carbocycles. The van der Waals surface area contributed by atoms with Crippen molar-refractivity contribution >= 4 is 6.21 Å². The molecule has 0 rings (SSSR count). The molecule has 0 atom stereocenters. The molecule has 0 aliphatic rings. The lowest BCUT2D eigenvalue weighted by molar-refractivity contribution is 0.241. The molecule has 0 aliphatic carbocycles. The van der Waals surface area contributed by atoms with Gasteiger partial charge in [0.2, 0.25) is 0 Å². The van der Waals surface area contributed by atoms with E-state index in [2.05, 4.69) is 6.58 Å². The van der Waals surface area contributed by atoms with Crippen LogP contribution < -0.4 is 5.73 Å². The van der Waals surface area contributed by atoms with Crippen LogP contribution in [0.2, 0.25) is 0 Å². The van der Waals surface area contributed by atoms with Gasteiger partial charge in [0, 0.05) is 11.9 Å². The van der Waals surface area contributed by atoms with E-state index in [1.165, 1.54) is 0 Å². The maximum absolute atomic E-state index is 7.00. The number of nitrogens with two attached hydrogens (primary N) is 1. The summed E-state index contributed by atoms with van der Waals surface area (Å²) in [7, 11) is 0. The molecule has 0 aliphatic heterocycles. The van der Waals surface area contributed by atoms with Crippen LogP contribution in [0.25, 0.3) is 0 Å². The molecule has 0 fully saturated rings. The third-order valence-electron chi connectivity index (χ3n) is 1.19. The van der Waals surface area contributed by atoms with Gasteiger partial charge in [0.05, 0.1) is 12.2 Å². The van der Waals surface area contributed by atoms with E-state index >= 15 is 0 Å². The first-order chi connectivity index (χ1) is 5.13. The highest BCUT2D eigenvalue weighted by Crippen LogP contribution is 2.08. The lowest BCUT2D eigenvalue weighted by Gasteiger charge is -2.07. The van der Waals surface area contributed by atoms with Gasteiger partial charge >= 0.3 is 0 Å². The summed E-state index contributed by atoms with van der Waals surface area (Å²) in [5.74, 6) is 0.461. The fourth-order valence-corrected chi connectivity index (χ4v) is 0.666. The number of nitrogens with one attached hydrogen (secondary N) is 1. The molecule has 0 spiro atoms. The molecule has 0 bridgehead atoms. The molecule has 0 aromatic carbocycles. The molecule has 0 radical (unpaired) electrons. The van der Waals surface area contributed by atoms with Gasteiger partial charge in [0.25, 0.3) is 0 Å². The minimum Gasteiger partial charge on any atom is -0.494 e. The van der Waals surface area contributed by atoms with Crippen molar-refractivity contribution in [2.24, 2.45) is 5.73 Å². The largest absolute Gasteiger partial charge is 0.494 e. The van der Waals surface area contributed by atoms with E-state index in [4.69, 9.17) is 15.9 Å². The van der Waals surface area contributed by atoms with Crippen molar-refractivity contribution in [1.82, 2.24) is 0 Å². The molecular weight excluding hydrogens is 140 g/mol. The molecule has 0 aromatic heterocycles. The Morgan fingerprint density at radius 1 is 1.73 bits per heavy atom. The Bertz CT molecular complexity index is 190. The third-order valence-corrected chi connectivity index (χ3v) is 1.19. The SMILES string of the molecule is C=C(OCC)C(C=N)=C(C)N. The molecule has 0 amide bonds. The highest BCUT2D eigenvalue weighted by Gasteiger charge is 2.01. The lowest BCUT2D eigenvalue weighted by atomic mass is 10.2. The Kier molecular flexibility index (Phi) is 4.03. The van der Waals surface area contributed by atoms with Gasteiger partial charge in [-0.2, -0.15) is 0 Å². The Balaban J connectivity index is 4.40. The molecule has 0 saturated heterocycles. The minimum atomic E-state index is 0.461. The van der Waals surface area contributed by atoms with Crippen LogP contribution in [0, 0.1) is 5.41 Å². The number of ether oxygens (including phenoxy) is 1. The van der Waals surface area contributed by atoms with E-state index < -0.39 is 0 Å². The zero-order valence-corrected chi connectivity index (χ0v) is 6.98. The Morgan fingerprint density at radius 3 is 2.55 bits per heavy atom. The van der Waals surface area contributed by atoms with Gasteiger partial charge in [-0.3, -0.25) is 0 Å². The fourth-order valence-electron chi connectivity index (χ4n) is 0.666. The van der Waals surface area contributed by atoms with Crippen LogP contribution in [0.4, 0.5) is 0 Å². The van der Waals surface area contributed by atoms with Gasteiger partial charge in [-0.05, 0) is 13.8 Å². The summed E-state index contributed by atoms with van der Waals surface area (Å²) in [5.41, 5.74) is 6.58. The van der Waals surface area contributed by atoms with Gasteiger partial charge in [0.1, 0.15) is 5.76 Å². The van der Waals surface area contributed by atoms with E-state index in [0.29, 0.717) is 23.6 Å². The van der Waals surface area contributed by atoms with Crippen LogP contribution in [-0.4, -0.2) is 12.8 Å². The van der Waals surface area contributed by atoms with E-state index in [1.807, 2.05) is 6.92 Å². The maximum Gasteiger partial charge on any atom is 0.122 e. The number of rotatable bonds is 4. The second-order valence-corrected chi connectivity index (χ2v) is 2.10. The quantitative estimate of drug-likeness (QED) is 0.365. The Hall–Kier alpha value is -1.25. The van der Waals surface area contributed by atoms with Crippen molar-refractivity contribution in [2.75, 3.05) is 6.61 Å². The second-order valence-electron chi connectivity index (χ2n) is 2.10. The smallest absolute Gasteiger partial charge is 0.122 e. The minimum absolute atomic E-state index is 0.461.